The van der Waals surface area contributed by atoms with Crippen LogP contribution in [0.2, 0.25) is 10.0 Å². The summed E-state index contributed by atoms with van der Waals surface area (Å²) in [6, 6.07) is 14.9. The minimum Gasteiger partial charge on any atom is -0.382 e. The molecular weight excluding hydrogens is 447 g/mol. The fraction of sp³-hybridized carbons (Fsp3) is 0.333. The predicted molar refractivity (Wildman–Crippen MR) is 125 cm³/mol. The van der Waals surface area contributed by atoms with Crippen molar-refractivity contribution in [2.24, 2.45) is 7.05 Å². The molecule has 2 aromatic carbocycles. The van der Waals surface area contributed by atoms with Gasteiger partial charge in [-0.3, -0.25) is 0 Å². The topological polar surface area (TPSA) is 61.6 Å². The highest BCUT2D eigenvalue weighted by molar-refractivity contribution is 6.30. The summed E-state index contributed by atoms with van der Waals surface area (Å²) in [6.07, 6.45) is 4.62. The summed E-state index contributed by atoms with van der Waals surface area (Å²) < 4.78 is 1.81. The molecule has 1 aliphatic rings. The van der Waals surface area contributed by atoms with Crippen LogP contribution < -0.4 is 0 Å². The zero-order valence-electron chi connectivity index (χ0n) is 17.9. The van der Waals surface area contributed by atoms with E-state index in [1.54, 1.807) is 22.3 Å². The molecule has 2 heterocycles. The van der Waals surface area contributed by atoms with Gasteiger partial charge < -0.3 is 19.5 Å². The molecule has 0 bridgehead atoms. The first-order valence-electron chi connectivity index (χ1n) is 10.6. The van der Waals surface area contributed by atoms with Gasteiger partial charge in [0, 0.05) is 36.7 Å². The lowest BCUT2D eigenvalue weighted by molar-refractivity contribution is -0.0330. The molecule has 0 saturated carbocycles. The number of aryl methyl sites for hydroxylation is 1. The van der Waals surface area contributed by atoms with E-state index in [-0.39, 0.29) is 12.6 Å². The van der Waals surface area contributed by atoms with E-state index in [1.807, 2.05) is 60.1 Å². The lowest BCUT2D eigenvalue weighted by Gasteiger charge is -2.41. The maximum absolute atomic E-state index is 13.7. The first-order chi connectivity index (χ1) is 15.3. The van der Waals surface area contributed by atoms with Crippen LogP contribution in [0.25, 0.3) is 0 Å². The smallest absolute Gasteiger partial charge is 0.320 e. The van der Waals surface area contributed by atoms with Gasteiger partial charge in [0.25, 0.3) is 0 Å². The van der Waals surface area contributed by atoms with Gasteiger partial charge in [0.2, 0.25) is 0 Å². The van der Waals surface area contributed by atoms with Crippen LogP contribution in [0.4, 0.5) is 4.79 Å². The van der Waals surface area contributed by atoms with Crippen LogP contribution in [0, 0.1) is 0 Å². The van der Waals surface area contributed by atoms with Crippen LogP contribution in [-0.4, -0.2) is 43.6 Å². The Kier molecular flexibility index (Phi) is 6.74. The summed E-state index contributed by atoms with van der Waals surface area (Å²) in [5.74, 6) is 0. The van der Waals surface area contributed by atoms with Crippen LogP contribution in [0.1, 0.15) is 29.7 Å². The zero-order chi connectivity index (χ0) is 22.7. The second kappa shape index (κ2) is 9.53. The standard InChI is InChI=1S/C24H26Cl2N4O2/c1-28-17-27-13-22(28)24(32)9-4-10-29(16-24)23(31)30(14-18-5-2-7-20(25)11-18)15-19-6-3-8-21(26)12-19/h2-3,5-8,11-13,17,32H,4,9-10,14-16H2,1H3. The number of hydrogen-bond acceptors (Lipinski definition) is 3. The Hall–Kier alpha value is -2.54. The number of hydrogen-bond donors (Lipinski definition) is 1. The highest BCUT2D eigenvalue weighted by Crippen LogP contribution is 2.32. The summed E-state index contributed by atoms with van der Waals surface area (Å²) in [5.41, 5.74) is 1.46. The molecule has 1 aromatic heterocycles. The Bertz CT molecular complexity index is 1060. The molecule has 1 saturated heterocycles. The Morgan fingerprint density at radius 1 is 1.12 bits per heavy atom. The molecule has 1 aliphatic heterocycles. The summed E-state index contributed by atoms with van der Waals surface area (Å²) in [7, 11) is 1.85. The van der Waals surface area contributed by atoms with Gasteiger partial charge in [-0.1, -0.05) is 47.5 Å². The van der Waals surface area contributed by atoms with E-state index in [4.69, 9.17) is 23.2 Å². The molecule has 3 aromatic rings. The van der Waals surface area contributed by atoms with Gasteiger partial charge >= 0.3 is 6.03 Å². The van der Waals surface area contributed by atoms with E-state index in [9.17, 15) is 9.90 Å². The molecule has 32 heavy (non-hydrogen) atoms. The molecule has 1 N–H and O–H groups in total. The molecule has 6 nitrogen and oxygen atoms in total. The normalized spacial score (nSPS) is 18.6. The quantitative estimate of drug-likeness (QED) is 0.578. The van der Waals surface area contributed by atoms with E-state index in [2.05, 4.69) is 4.98 Å². The van der Waals surface area contributed by atoms with Crippen molar-refractivity contribution in [3.63, 3.8) is 0 Å². The maximum Gasteiger partial charge on any atom is 0.320 e. The molecule has 2 amide bonds. The van der Waals surface area contributed by atoms with Crippen LogP contribution in [0.3, 0.4) is 0 Å². The van der Waals surface area contributed by atoms with Crippen molar-refractivity contribution in [2.75, 3.05) is 13.1 Å². The lowest BCUT2D eigenvalue weighted by atomic mass is 9.90. The number of likely N-dealkylation sites (tertiary alicyclic amines) is 1. The van der Waals surface area contributed by atoms with Crippen molar-refractivity contribution >= 4 is 29.2 Å². The van der Waals surface area contributed by atoms with Gasteiger partial charge in [-0.05, 0) is 48.2 Å². The number of β-amino-alcohol motifs (C(OH)–C–C–N with tert-alkyl or cyclic N) is 1. The number of urea groups is 1. The van der Waals surface area contributed by atoms with Crippen LogP contribution in [0.15, 0.2) is 61.1 Å². The average molecular weight is 473 g/mol. The maximum atomic E-state index is 13.7. The van der Waals surface area contributed by atoms with Gasteiger partial charge in [0.1, 0.15) is 5.60 Å². The number of imidazole rings is 1. The summed E-state index contributed by atoms with van der Waals surface area (Å²) in [6.45, 7) is 1.59. The number of carbonyl (C=O) groups excluding carboxylic acids is 1. The molecule has 0 radical (unpaired) electrons. The van der Waals surface area contributed by atoms with E-state index in [1.165, 1.54) is 0 Å². The Morgan fingerprint density at radius 3 is 2.28 bits per heavy atom. The summed E-state index contributed by atoms with van der Waals surface area (Å²) in [4.78, 5) is 21.3. The van der Waals surface area contributed by atoms with Crippen molar-refractivity contribution in [1.29, 1.82) is 0 Å². The largest absolute Gasteiger partial charge is 0.382 e. The summed E-state index contributed by atoms with van der Waals surface area (Å²) in [5, 5.41) is 12.6. The number of nitrogens with zero attached hydrogens (tertiary/aromatic N) is 4. The molecule has 1 atom stereocenters. The number of benzene rings is 2. The Morgan fingerprint density at radius 2 is 1.75 bits per heavy atom. The lowest BCUT2D eigenvalue weighted by Crippen LogP contribution is -2.52. The Labute approximate surface area is 198 Å². The molecule has 4 rings (SSSR count). The number of piperidine rings is 1. The number of rotatable bonds is 5. The van der Waals surface area contributed by atoms with Crippen molar-refractivity contribution in [2.45, 2.75) is 31.5 Å². The van der Waals surface area contributed by atoms with Crippen LogP contribution in [-0.2, 0) is 25.7 Å². The van der Waals surface area contributed by atoms with Crippen molar-refractivity contribution in [1.82, 2.24) is 19.4 Å². The van der Waals surface area contributed by atoms with E-state index in [0.717, 1.165) is 11.1 Å². The fourth-order valence-electron chi connectivity index (χ4n) is 4.32. The molecule has 1 unspecified atom stereocenters. The minimum atomic E-state index is -1.13. The van der Waals surface area contributed by atoms with E-state index >= 15 is 0 Å². The molecular formula is C24H26Cl2N4O2. The third-order valence-corrected chi connectivity index (χ3v) is 6.30. The molecule has 8 heteroatoms. The van der Waals surface area contributed by atoms with Gasteiger partial charge in [0.15, 0.2) is 0 Å². The number of aromatic nitrogens is 2. The number of amides is 2. The van der Waals surface area contributed by atoms with Crippen LogP contribution >= 0.6 is 23.2 Å². The van der Waals surface area contributed by atoms with Crippen molar-refractivity contribution < 1.29 is 9.90 Å². The van der Waals surface area contributed by atoms with Gasteiger partial charge in [0.05, 0.1) is 24.8 Å². The third kappa shape index (κ3) is 5.09. The van der Waals surface area contributed by atoms with E-state index < -0.39 is 5.60 Å². The van der Waals surface area contributed by atoms with Crippen molar-refractivity contribution in [3.05, 3.63) is 87.9 Å². The van der Waals surface area contributed by atoms with Crippen molar-refractivity contribution in [3.8, 4) is 0 Å². The second-order valence-electron chi connectivity index (χ2n) is 8.34. The Balaban J connectivity index is 1.59. The number of carbonyl (C=O) groups is 1. The third-order valence-electron chi connectivity index (χ3n) is 5.83. The SMILES string of the molecule is Cn1cncc1C1(O)CCCN(C(=O)N(Cc2cccc(Cl)c2)Cc2cccc(Cl)c2)C1. The molecule has 1 fully saturated rings. The van der Waals surface area contributed by atoms with E-state index in [0.29, 0.717) is 48.2 Å². The van der Waals surface area contributed by atoms with Gasteiger partial charge in [-0.2, -0.15) is 0 Å². The fourth-order valence-corrected chi connectivity index (χ4v) is 4.74. The average Bonchev–Trinajstić information content (AvgIpc) is 3.20. The van der Waals surface area contributed by atoms with Gasteiger partial charge in [-0.25, -0.2) is 9.78 Å². The highest BCUT2D eigenvalue weighted by atomic mass is 35.5. The predicted octanol–water partition coefficient (Wildman–Crippen LogP) is 4.83. The summed E-state index contributed by atoms with van der Waals surface area (Å²) >= 11 is 12.3. The highest BCUT2D eigenvalue weighted by Gasteiger charge is 2.39. The monoisotopic (exact) mass is 472 g/mol. The molecule has 0 aliphatic carbocycles. The van der Waals surface area contributed by atoms with Crippen LogP contribution in [0.5, 0.6) is 0 Å². The first-order valence-corrected chi connectivity index (χ1v) is 11.3. The van der Waals surface area contributed by atoms with Gasteiger partial charge in [-0.15, -0.1) is 0 Å². The number of halogens is 2. The molecule has 168 valence electrons. The molecule has 0 spiro atoms. The zero-order valence-corrected chi connectivity index (χ0v) is 19.4. The number of aliphatic hydroxyl groups is 1. The minimum absolute atomic E-state index is 0.134. The second-order valence-corrected chi connectivity index (χ2v) is 9.22. The first kappa shape index (κ1) is 22.6.